The van der Waals surface area contributed by atoms with E-state index in [-0.39, 0.29) is 19.2 Å². The number of carboxylic acid groups (broad SMARTS) is 1. The van der Waals surface area contributed by atoms with E-state index in [9.17, 15) is 14.7 Å². The molecule has 1 saturated heterocycles. The molecule has 18 heavy (non-hydrogen) atoms. The van der Waals surface area contributed by atoms with Gasteiger partial charge in [-0.25, -0.2) is 4.79 Å². The van der Waals surface area contributed by atoms with Crippen molar-refractivity contribution in [3.8, 4) is 0 Å². The second-order valence-electron chi connectivity index (χ2n) is 4.76. The van der Waals surface area contributed by atoms with Crippen LogP contribution in [0.15, 0.2) is 0 Å². The number of nitrogens with zero attached hydrogens (tertiary/aromatic N) is 1. The van der Waals surface area contributed by atoms with Gasteiger partial charge in [-0.15, -0.1) is 0 Å². The van der Waals surface area contributed by atoms with Crippen LogP contribution in [0.2, 0.25) is 0 Å². The van der Waals surface area contributed by atoms with E-state index in [1.54, 1.807) is 21.0 Å². The van der Waals surface area contributed by atoms with E-state index in [0.29, 0.717) is 13.1 Å². The summed E-state index contributed by atoms with van der Waals surface area (Å²) in [6.07, 6.45) is 0. The molecule has 1 aliphatic rings. The Kier molecular flexibility index (Phi) is 4.92. The molecule has 2 amide bonds. The zero-order valence-electron chi connectivity index (χ0n) is 11.0. The van der Waals surface area contributed by atoms with Crippen molar-refractivity contribution in [2.45, 2.75) is 13.0 Å². The Bertz CT molecular complexity index is 323. The molecule has 0 bridgehead atoms. The van der Waals surface area contributed by atoms with E-state index >= 15 is 0 Å². The van der Waals surface area contributed by atoms with Gasteiger partial charge in [0.2, 0.25) is 0 Å². The number of urea groups is 1. The summed E-state index contributed by atoms with van der Waals surface area (Å²) in [5.41, 5.74) is -1.06. The second-order valence-corrected chi connectivity index (χ2v) is 4.76. The Labute approximate surface area is 106 Å². The lowest BCUT2D eigenvalue weighted by Gasteiger charge is -2.27. The smallest absolute Gasteiger partial charge is 0.317 e. The molecule has 0 aliphatic carbocycles. The highest BCUT2D eigenvalue weighted by molar-refractivity contribution is 5.79. The number of hydrogen-bond donors (Lipinski definition) is 3. The summed E-state index contributed by atoms with van der Waals surface area (Å²) in [4.78, 5) is 24.6. The van der Waals surface area contributed by atoms with Gasteiger partial charge in [-0.3, -0.25) is 4.79 Å². The summed E-state index contributed by atoms with van der Waals surface area (Å²) >= 11 is 0. The third-order valence-electron chi connectivity index (χ3n) is 3.29. The third-order valence-corrected chi connectivity index (χ3v) is 3.29. The van der Waals surface area contributed by atoms with Gasteiger partial charge in [0, 0.05) is 20.1 Å². The normalized spacial score (nSPS) is 26.9. The van der Waals surface area contributed by atoms with E-state index in [1.165, 1.54) is 4.90 Å². The van der Waals surface area contributed by atoms with Gasteiger partial charge in [0.1, 0.15) is 5.41 Å². The maximum Gasteiger partial charge on any atom is 0.317 e. The molecule has 0 radical (unpaired) electrons. The maximum atomic E-state index is 11.9. The lowest BCUT2D eigenvalue weighted by Crippen LogP contribution is -2.53. The quantitative estimate of drug-likeness (QED) is 0.609. The molecular weight excluding hydrogens is 238 g/mol. The first kappa shape index (κ1) is 14.7. The van der Waals surface area contributed by atoms with Crippen LogP contribution >= 0.6 is 0 Å². The van der Waals surface area contributed by atoms with Crippen LogP contribution in [0.25, 0.3) is 0 Å². The molecule has 7 nitrogen and oxygen atoms in total. The molecule has 1 fully saturated rings. The van der Waals surface area contributed by atoms with Crippen LogP contribution in [-0.2, 0) is 9.53 Å². The molecule has 0 aromatic rings. The number of carbonyl (C=O) groups excluding carboxylic acids is 1. The van der Waals surface area contributed by atoms with Crippen molar-refractivity contribution in [2.24, 2.45) is 5.41 Å². The molecule has 1 rings (SSSR count). The number of nitrogens with one attached hydrogen (secondary N) is 2. The van der Waals surface area contributed by atoms with Crippen molar-refractivity contribution in [3.05, 3.63) is 0 Å². The number of aliphatic carboxylic acids is 1. The van der Waals surface area contributed by atoms with Crippen LogP contribution in [0.4, 0.5) is 4.79 Å². The minimum Gasteiger partial charge on any atom is -0.481 e. The maximum absolute atomic E-state index is 11.9. The zero-order chi connectivity index (χ0) is 13.8. The van der Waals surface area contributed by atoms with Crippen LogP contribution in [-0.4, -0.2) is 68.4 Å². The van der Waals surface area contributed by atoms with Crippen LogP contribution in [0, 0.1) is 5.41 Å². The largest absolute Gasteiger partial charge is 0.481 e. The van der Waals surface area contributed by atoms with Gasteiger partial charge in [-0.2, -0.15) is 0 Å². The number of carbonyl (C=O) groups is 2. The van der Waals surface area contributed by atoms with Crippen molar-refractivity contribution in [1.82, 2.24) is 15.5 Å². The summed E-state index contributed by atoms with van der Waals surface area (Å²) in [5.74, 6) is -0.955. The predicted octanol–water partition coefficient (Wildman–Crippen LogP) is -0.663. The van der Waals surface area contributed by atoms with Gasteiger partial charge in [0.15, 0.2) is 0 Å². The van der Waals surface area contributed by atoms with Crippen LogP contribution in [0.1, 0.15) is 6.92 Å². The van der Waals surface area contributed by atoms with Gasteiger partial charge in [-0.05, 0) is 14.0 Å². The fourth-order valence-electron chi connectivity index (χ4n) is 1.73. The van der Waals surface area contributed by atoms with E-state index < -0.39 is 17.4 Å². The molecule has 0 aromatic heterocycles. The first-order valence-corrected chi connectivity index (χ1v) is 5.89. The number of ether oxygens (including phenoxy) is 1. The molecule has 7 heteroatoms. The highest BCUT2D eigenvalue weighted by atomic mass is 16.5. The van der Waals surface area contributed by atoms with Gasteiger partial charge in [0.05, 0.1) is 19.3 Å². The van der Waals surface area contributed by atoms with Gasteiger partial charge in [0.25, 0.3) is 0 Å². The van der Waals surface area contributed by atoms with Crippen molar-refractivity contribution in [2.75, 3.05) is 40.4 Å². The first-order valence-electron chi connectivity index (χ1n) is 5.89. The summed E-state index contributed by atoms with van der Waals surface area (Å²) in [7, 11) is 3.47. The van der Waals surface area contributed by atoms with Gasteiger partial charge >= 0.3 is 12.0 Å². The average Bonchev–Trinajstić information content (AvgIpc) is 2.69. The minimum atomic E-state index is -1.06. The molecule has 0 aromatic carbocycles. The molecule has 2 unspecified atom stereocenters. The third kappa shape index (κ3) is 3.11. The van der Waals surface area contributed by atoms with E-state index in [1.807, 2.05) is 0 Å². The molecule has 0 spiro atoms. The average molecular weight is 259 g/mol. The Morgan fingerprint density at radius 1 is 1.56 bits per heavy atom. The van der Waals surface area contributed by atoms with Crippen LogP contribution < -0.4 is 10.6 Å². The minimum absolute atomic E-state index is 0.119. The summed E-state index contributed by atoms with van der Waals surface area (Å²) < 4.78 is 5.17. The predicted molar refractivity (Wildman–Crippen MR) is 65.4 cm³/mol. The van der Waals surface area contributed by atoms with Crippen molar-refractivity contribution >= 4 is 12.0 Å². The topological polar surface area (TPSA) is 90.9 Å². The number of likely N-dealkylation sites (N-methyl/N-ethyl adjacent to an activating group) is 2. The molecule has 1 heterocycles. The highest BCUT2D eigenvalue weighted by Crippen LogP contribution is 2.28. The highest BCUT2D eigenvalue weighted by Gasteiger charge is 2.47. The molecule has 2 atom stereocenters. The lowest BCUT2D eigenvalue weighted by atomic mass is 9.85. The summed E-state index contributed by atoms with van der Waals surface area (Å²) in [6.45, 7) is 3.17. The fraction of sp³-hybridized carbons (Fsp3) is 0.818. The lowest BCUT2D eigenvalue weighted by molar-refractivity contribution is -0.148. The van der Waals surface area contributed by atoms with Crippen molar-refractivity contribution < 1.29 is 19.4 Å². The standard InChI is InChI=1S/C11H21N3O4/c1-11(9(15)16)7-18-6-8(11)13-10(17)14(3)5-4-12-2/h8,12H,4-7H2,1-3H3,(H,13,17)(H,15,16). The first-order chi connectivity index (χ1) is 8.41. The Morgan fingerprint density at radius 3 is 2.78 bits per heavy atom. The number of carboxylic acids is 1. The second kappa shape index (κ2) is 6.01. The number of amides is 2. The number of hydrogen-bond acceptors (Lipinski definition) is 4. The van der Waals surface area contributed by atoms with Crippen LogP contribution in [0.3, 0.4) is 0 Å². The molecule has 0 saturated carbocycles. The summed E-state index contributed by atoms with van der Waals surface area (Å²) in [5, 5.41) is 14.8. The number of rotatable bonds is 5. The molecule has 104 valence electrons. The van der Waals surface area contributed by atoms with E-state index in [4.69, 9.17) is 4.74 Å². The van der Waals surface area contributed by atoms with Gasteiger partial charge < -0.3 is 25.4 Å². The molecule has 1 aliphatic heterocycles. The van der Waals surface area contributed by atoms with E-state index in [2.05, 4.69) is 10.6 Å². The SMILES string of the molecule is CNCCN(C)C(=O)NC1COCC1(C)C(=O)O. The zero-order valence-corrected chi connectivity index (χ0v) is 11.0. The summed E-state index contributed by atoms with van der Waals surface area (Å²) in [6, 6.07) is -0.784. The monoisotopic (exact) mass is 259 g/mol. The Morgan fingerprint density at radius 2 is 2.22 bits per heavy atom. The Balaban J connectivity index is 2.56. The van der Waals surface area contributed by atoms with Crippen molar-refractivity contribution in [3.63, 3.8) is 0 Å². The molecular formula is C11H21N3O4. The van der Waals surface area contributed by atoms with Crippen molar-refractivity contribution in [1.29, 1.82) is 0 Å². The molecule has 3 N–H and O–H groups in total. The van der Waals surface area contributed by atoms with E-state index in [0.717, 1.165) is 0 Å². The fourth-order valence-corrected chi connectivity index (χ4v) is 1.73. The van der Waals surface area contributed by atoms with Gasteiger partial charge in [-0.1, -0.05) is 0 Å². The van der Waals surface area contributed by atoms with Crippen LogP contribution in [0.5, 0.6) is 0 Å². The Hall–Kier alpha value is -1.34.